The summed E-state index contributed by atoms with van der Waals surface area (Å²) in [7, 11) is 0. The molecule has 10 heteroatoms. The van der Waals surface area contributed by atoms with Crippen molar-refractivity contribution in [2.75, 3.05) is 26.2 Å². The number of carbonyl (C=O) groups excluding carboxylic acids is 2. The highest BCUT2D eigenvalue weighted by atomic mass is 16.6. The van der Waals surface area contributed by atoms with Crippen molar-refractivity contribution in [3.8, 4) is 17.1 Å². The third kappa shape index (κ3) is 6.47. The van der Waals surface area contributed by atoms with Gasteiger partial charge in [0, 0.05) is 38.2 Å². The number of nitrogens with one attached hydrogen (secondary N) is 1. The normalized spacial score (nSPS) is 17.4. The lowest BCUT2D eigenvalue weighted by Crippen LogP contribution is -2.48. The summed E-state index contributed by atoms with van der Waals surface area (Å²) in [6.45, 7) is 7.90. The molecule has 3 heterocycles. The van der Waals surface area contributed by atoms with Gasteiger partial charge in [-0.05, 0) is 62.1 Å². The molecule has 41 heavy (non-hydrogen) atoms. The van der Waals surface area contributed by atoms with E-state index in [-0.39, 0.29) is 29.8 Å². The van der Waals surface area contributed by atoms with E-state index in [1.807, 2.05) is 56.3 Å². The maximum Gasteiger partial charge on any atom is 0.410 e. The number of phenolic OH excluding ortho intramolecular Hbond substituents is 1. The predicted octanol–water partition coefficient (Wildman–Crippen LogP) is 4.20. The molecule has 218 valence electrons. The van der Waals surface area contributed by atoms with E-state index in [2.05, 4.69) is 17.0 Å². The van der Waals surface area contributed by atoms with Crippen molar-refractivity contribution >= 4 is 12.0 Å². The van der Waals surface area contributed by atoms with E-state index in [1.54, 1.807) is 9.80 Å². The third-order valence-corrected chi connectivity index (χ3v) is 8.34. The zero-order valence-corrected chi connectivity index (χ0v) is 24.0. The number of carbonyl (C=O) groups is 2. The van der Waals surface area contributed by atoms with Crippen molar-refractivity contribution < 1.29 is 19.4 Å². The van der Waals surface area contributed by atoms with Crippen molar-refractivity contribution in [2.24, 2.45) is 5.92 Å². The standard InChI is InChI=1S/C31H39N5O5/c1-20-9-13-34(14-10-20)29(38)26(19-23-17-21(2)27(37)22(3)18-23)41-31(40)35-15-11-25(12-16-35)36-30(39)32-28(33-36)24-7-5-4-6-8-24/h4-8,17-18,20,25-26,37H,9-16,19H2,1-3H3,(H,32,33,39)/t26-/m1/s1. The number of aryl methyl sites for hydroxylation is 2. The Hall–Kier alpha value is -4.08. The number of amides is 2. The number of ether oxygens (including phenoxy) is 1. The summed E-state index contributed by atoms with van der Waals surface area (Å²) < 4.78 is 7.39. The van der Waals surface area contributed by atoms with Crippen LogP contribution in [-0.4, -0.2) is 74.0 Å². The van der Waals surface area contributed by atoms with Crippen LogP contribution in [-0.2, 0) is 16.0 Å². The van der Waals surface area contributed by atoms with E-state index >= 15 is 0 Å². The average Bonchev–Trinajstić information content (AvgIpc) is 3.37. The zero-order chi connectivity index (χ0) is 29.1. The van der Waals surface area contributed by atoms with Gasteiger partial charge in [-0.1, -0.05) is 49.4 Å². The number of aromatic nitrogens is 3. The molecule has 0 radical (unpaired) electrons. The van der Waals surface area contributed by atoms with Gasteiger partial charge in [-0.2, -0.15) is 0 Å². The van der Waals surface area contributed by atoms with Gasteiger partial charge in [-0.3, -0.25) is 9.78 Å². The summed E-state index contributed by atoms with van der Waals surface area (Å²) in [4.78, 5) is 45.8. The van der Waals surface area contributed by atoms with Crippen molar-refractivity contribution in [3.63, 3.8) is 0 Å². The van der Waals surface area contributed by atoms with Crippen LogP contribution < -0.4 is 5.69 Å². The monoisotopic (exact) mass is 561 g/mol. The van der Waals surface area contributed by atoms with Crippen LogP contribution >= 0.6 is 0 Å². The van der Waals surface area contributed by atoms with E-state index < -0.39 is 12.2 Å². The number of aromatic amines is 1. The number of nitrogens with zero attached hydrogens (tertiary/aromatic N) is 4. The molecular formula is C31H39N5O5. The SMILES string of the molecule is Cc1cc(C[C@@H](OC(=O)N2CCC(n3nc(-c4ccccc4)[nH]c3=O)CC2)C(=O)N2CCC(C)CC2)cc(C)c1O. The minimum absolute atomic E-state index is 0.143. The summed E-state index contributed by atoms with van der Waals surface area (Å²) >= 11 is 0. The highest BCUT2D eigenvalue weighted by Gasteiger charge is 2.33. The van der Waals surface area contributed by atoms with Gasteiger partial charge in [-0.15, -0.1) is 5.10 Å². The number of H-pyrrole nitrogens is 1. The fourth-order valence-corrected chi connectivity index (χ4v) is 5.79. The Balaban J connectivity index is 1.26. The minimum atomic E-state index is -0.959. The lowest BCUT2D eigenvalue weighted by Gasteiger charge is -2.35. The van der Waals surface area contributed by atoms with E-state index in [9.17, 15) is 19.5 Å². The molecule has 2 amide bonds. The second-order valence-electron chi connectivity index (χ2n) is 11.5. The molecule has 0 unspecified atom stereocenters. The van der Waals surface area contributed by atoms with Crippen molar-refractivity contribution in [2.45, 2.75) is 65.0 Å². The number of phenols is 1. The Morgan fingerprint density at radius 2 is 1.61 bits per heavy atom. The second-order valence-corrected chi connectivity index (χ2v) is 11.5. The van der Waals surface area contributed by atoms with Gasteiger partial charge in [0.15, 0.2) is 11.9 Å². The largest absolute Gasteiger partial charge is 0.507 e. The van der Waals surface area contributed by atoms with Crippen LogP contribution in [0.2, 0.25) is 0 Å². The zero-order valence-electron chi connectivity index (χ0n) is 24.0. The van der Waals surface area contributed by atoms with Gasteiger partial charge < -0.3 is 19.6 Å². The average molecular weight is 562 g/mol. The molecule has 2 aromatic carbocycles. The second kappa shape index (κ2) is 12.2. The number of piperidine rings is 2. The van der Waals surface area contributed by atoms with Crippen LogP contribution in [0.1, 0.15) is 55.3 Å². The lowest BCUT2D eigenvalue weighted by molar-refractivity contribution is -0.142. The Bertz CT molecular complexity index is 1410. The molecule has 1 aromatic heterocycles. The van der Waals surface area contributed by atoms with Gasteiger partial charge in [-0.25, -0.2) is 14.3 Å². The molecule has 0 saturated carbocycles. The van der Waals surface area contributed by atoms with Crippen LogP contribution in [0.3, 0.4) is 0 Å². The molecule has 0 bridgehead atoms. The van der Waals surface area contributed by atoms with Gasteiger partial charge in [0.2, 0.25) is 0 Å². The topological polar surface area (TPSA) is 121 Å². The first-order valence-electron chi connectivity index (χ1n) is 14.5. The Morgan fingerprint density at radius 1 is 1.00 bits per heavy atom. The van der Waals surface area contributed by atoms with Crippen LogP contribution in [0.15, 0.2) is 47.3 Å². The van der Waals surface area contributed by atoms with Gasteiger partial charge in [0.05, 0.1) is 6.04 Å². The Labute approximate surface area is 239 Å². The first-order chi connectivity index (χ1) is 19.7. The summed E-state index contributed by atoms with van der Waals surface area (Å²) in [6, 6.07) is 13.0. The lowest BCUT2D eigenvalue weighted by atomic mass is 9.97. The van der Waals surface area contributed by atoms with Gasteiger partial charge >= 0.3 is 11.8 Å². The molecule has 2 saturated heterocycles. The molecule has 2 fully saturated rings. The number of hydrogen-bond donors (Lipinski definition) is 2. The van der Waals surface area contributed by atoms with Gasteiger partial charge in [0.1, 0.15) is 5.75 Å². The maximum atomic E-state index is 13.6. The molecular weight excluding hydrogens is 522 g/mol. The highest BCUT2D eigenvalue weighted by Crippen LogP contribution is 2.26. The summed E-state index contributed by atoms with van der Waals surface area (Å²) in [5.74, 6) is 1.13. The molecule has 5 rings (SSSR count). The van der Waals surface area contributed by atoms with E-state index in [1.165, 1.54) is 4.68 Å². The fraction of sp³-hybridized carbons (Fsp3) is 0.484. The fourth-order valence-electron chi connectivity index (χ4n) is 5.79. The number of benzene rings is 2. The van der Waals surface area contributed by atoms with Crippen LogP contribution in [0.4, 0.5) is 4.79 Å². The van der Waals surface area contributed by atoms with E-state index in [4.69, 9.17) is 4.74 Å². The summed E-state index contributed by atoms with van der Waals surface area (Å²) in [5.41, 5.74) is 2.83. The maximum absolute atomic E-state index is 13.6. The number of aromatic hydroxyl groups is 1. The third-order valence-electron chi connectivity index (χ3n) is 8.34. The number of likely N-dealkylation sites (tertiary alicyclic amines) is 2. The minimum Gasteiger partial charge on any atom is -0.507 e. The Morgan fingerprint density at radius 3 is 2.24 bits per heavy atom. The van der Waals surface area contributed by atoms with Gasteiger partial charge in [0.25, 0.3) is 5.91 Å². The molecule has 0 aliphatic carbocycles. The van der Waals surface area contributed by atoms with E-state index in [0.717, 1.165) is 35.1 Å². The molecule has 2 aliphatic heterocycles. The summed E-state index contributed by atoms with van der Waals surface area (Å²) in [5, 5.41) is 14.7. The van der Waals surface area contributed by atoms with Crippen LogP contribution in [0, 0.1) is 19.8 Å². The van der Waals surface area contributed by atoms with Crippen molar-refractivity contribution in [3.05, 3.63) is 69.6 Å². The Kier molecular flexibility index (Phi) is 8.46. The highest BCUT2D eigenvalue weighted by molar-refractivity contribution is 5.84. The first-order valence-corrected chi connectivity index (χ1v) is 14.5. The number of hydrogen-bond acceptors (Lipinski definition) is 6. The van der Waals surface area contributed by atoms with Crippen molar-refractivity contribution in [1.82, 2.24) is 24.6 Å². The molecule has 2 N–H and O–H groups in total. The predicted molar refractivity (Wildman–Crippen MR) is 155 cm³/mol. The quantitative estimate of drug-likeness (QED) is 0.465. The van der Waals surface area contributed by atoms with E-state index in [0.29, 0.717) is 50.8 Å². The summed E-state index contributed by atoms with van der Waals surface area (Å²) in [6.07, 6.45) is 1.70. The molecule has 2 aliphatic rings. The molecule has 10 nitrogen and oxygen atoms in total. The van der Waals surface area contributed by atoms with Crippen molar-refractivity contribution in [1.29, 1.82) is 0 Å². The number of rotatable bonds is 6. The van der Waals surface area contributed by atoms with Crippen LogP contribution in [0.5, 0.6) is 5.75 Å². The van der Waals surface area contributed by atoms with Crippen LogP contribution in [0.25, 0.3) is 11.4 Å². The molecule has 0 spiro atoms. The first kappa shape index (κ1) is 28.4. The molecule has 1 atom stereocenters. The smallest absolute Gasteiger partial charge is 0.410 e. The molecule has 3 aromatic rings.